The van der Waals surface area contributed by atoms with E-state index in [2.05, 4.69) is 22.2 Å². The van der Waals surface area contributed by atoms with Crippen molar-refractivity contribution in [2.45, 2.75) is 77.6 Å². The van der Waals surface area contributed by atoms with E-state index in [1.54, 1.807) is 0 Å². The Morgan fingerprint density at radius 2 is 1.22 bits per heavy atom. The third-order valence-electron chi connectivity index (χ3n) is 3.73. The summed E-state index contributed by atoms with van der Waals surface area (Å²) in [4.78, 5) is 8.13. The van der Waals surface area contributed by atoms with Gasteiger partial charge in [0.2, 0.25) is 0 Å². The molecule has 0 aliphatic rings. The van der Waals surface area contributed by atoms with Crippen molar-refractivity contribution in [1.29, 1.82) is 0 Å². The lowest BCUT2D eigenvalue weighted by Crippen LogP contribution is -2.32. The van der Waals surface area contributed by atoms with Crippen molar-refractivity contribution in [3.05, 3.63) is 0 Å². The molecule has 0 saturated heterocycles. The lowest BCUT2D eigenvalue weighted by Gasteiger charge is -2.05. The van der Waals surface area contributed by atoms with Crippen LogP contribution in [0.3, 0.4) is 0 Å². The zero-order valence-corrected chi connectivity index (χ0v) is 15.0. The minimum Gasteiger partial charge on any atom is -0.370 e. The second kappa shape index (κ2) is 16.9. The van der Waals surface area contributed by atoms with Crippen molar-refractivity contribution >= 4 is 11.9 Å². The Kier molecular flexibility index (Phi) is 15.8. The minimum absolute atomic E-state index is 0.126. The number of nitrogens with zero attached hydrogens (tertiary/aromatic N) is 2. The van der Waals surface area contributed by atoms with Crippen LogP contribution in [0.5, 0.6) is 0 Å². The molecule has 0 aromatic carbocycles. The van der Waals surface area contributed by atoms with E-state index >= 15 is 0 Å². The maximum Gasteiger partial charge on any atom is 0.188 e. The summed E-state index contributed by atoms with van der Waals surface area (Å²) in [6.07, 6.45) is 14.2. The first-order chi connectivity index (χ1) is 11.2. The maximum absolute atomic E-state index is 5.79. The Labute approximate surface area is 142 Å². The molecule has 6 heteroatoms. The molecular formula is C17H38N6. The Morgan fingerprint density at radius 1 is 0.696 bits per heavy atom. The molecule has 0 fully saturated rings. The number of hydrogen-bond acceptors (Lipinski definition) is 2. The van der Waals surface area contributed by atoms with Crippen LogP contribution in [0.2, 0.25) is 0 Å². The van der Waals surface area contributed by atoms with Crippen LogP contribution in [-0.4, -0.2) is 31.6 Å². The Morgan fingerprint density at radius 3 is 1.78 bits per heavy atom. The number of hydrogen-bond donors (Lipinski definition) is 4. The van der Waals surface area contributed by atoms with Gasteiger partial charge in [-0.2, -0.15) is 0 Å². The van der Waals surface area contributed by atoms with Gasteiger partial charge in [0.25, 0.3) is 0 Å². The highest BCUT2D eigenvalue weighted by atomic mass is 15.1. The summed E-state index contributed by atoms with van der Waals surface area (Å²) in [6.45, 7) is 4.41. The van der Waals surface area contributed by atoms with E-state index in [0.717, 1.165) is 19.4 Å². The molecule has 0 radical (unpaired) electrons. The molecule has 0 aromatic rings. The summed E-state index contributed by atoms with van der Waals surface area (Å²) in [7, 11) is 0. The number of unbranched alkanes of at least 4 members (excludes halogenated alkanes) is 9. The molecule has 0 spiro atoms. The molecular weight excluding hydrogens is 288 g/mol. The first-order valence-corrected chi connectivity index (χ1v) is 9.26. The number of nitrogens with one attached hydrogen (secondary N) is 1. The largest absolute Gasteiger partial charge is 0.370 e. The summed E-state index contributed by atoms with van der Waals surface area (Å²) in [5, 5.41) is 3.15. The van der Waals surface area contributed by atoms with Gasteiger partial charge >= 0.3 is 0 Å². The molecule has 7 N–H and O–H groups in total. The van der Waals surface area contributed by atoms with Crippen LogP contribution >= 0.6 is 0 Å². The minimum atomic E-state index is 0.126. The molecule has 0 amide bonds. The summed E-state index contributed by atoms with van der Waals surface area (Å²) in [5.74, 6) is 0.645. The number of rotatable bonds is 15. The molecule has 0 heterocycles. The van der Waals surface area contributed by atoms with Gasteiger partial charge in [0, 0.05) is 19.6 Å². The topological polar surface area (TPSA) is 115 Å². The van der Waals surface area contributed by atoms with Gasteiger partial charge < -0.3 is 22.5 Å². The lowest BCUT2D eigenvalue weighted by atomic mass is 10.1. The van der Waals surface area contributed by atoms with Crippen molar-refractivity contribution < 1.29 is 0 Å². The Hall–Kier alpha value is -1.46. The van der Waals surface area contributed by atoms with Gasteiger partial charge in [-0.15, -0.1) is 0 Å². The summed E-state index contributed by atoms with van der Waals surface area (Å²) in [5.41, 5.74) is 16.3. The van der Waals surface area contributed by atoms with E-state index in [9.17, 15) is 0 Å². The van der Waals surface area contributed by atoms with Gasteiger partial charge in [-0.1, -0.05) is 64.7 Å². The van der Waals surface area contributed by atoms with Gasteiger partial charge in [-0.05, 0) is 12.8 Å². The first kappa shape index (κ1) is 21.5. The van der Waals surface area contributed by atoms with E-state index < -0.39 is 0 Å². The molecule has 0 saturated carbocycles. The van der Waals surface area contributed by atoms with E-state index in [1.165, 1.54) is 57.8 Å². The van der Waals surface area contributed by atoms with E-state index in [4.69, 9.17) is 17.2 Å². The van der Waals surface area contributed by atoms with Crippen molar-refractivity contribution in [2.75, 3.05) is 19.6 Å². The molecule has 0 bridgehead atoms. The predicted molar refractivity (Wildman–Crippen MR) is 102 cm³/mol. The highest BCUT2D eigenvalue weighted by molar-refractivity contribution is 5.77. The van der Waals surface area contributed by atoms with Crippen LogP contribution < -0.4 is 22.5 Å². The average molecular weight is 327 g/mol. The van der Waals surface area contributed by atoms with Gasteiger partial charge in [-0.25, -0.2) is 0 Å². The normalized spacial score (nSPS) is 11.4. The quantitative estimate of drug-likeness (QED) is 0.210. The molecule has 0 atom stereocenters. The third kappa shape index (κ3) is 18.5. The van der Waals surface area contributed by atoms with Gasteiger partial charge in [0.05, 0.1) is 0 Å². The summed E-state index contributed by atoms with van der Waals surface area (Å²) < 4.78 is 0. The Bertz CT molecular complexity index is 310. The van der Waals surface area contributed by atoms with Crippen LogP contribution in [-0.2, 0) is 0 Å². The van der Waals surface area contributed by atoms with Gasteiger partial charge in [0.1, 0.15) is 0 Å². The van der Waals surface area contributed by atoms with Crippen molar-refractivity contribution in [3.63, 3.8) is 0 Å². The molecule has 0 aromatic heterocycles. The van der Waals surface area contributed by atoms with E-state index in [1.807, 2.05) is 0 Å². The summed E-state index contributed by atoms with van der Waals surface area (Å²) >= 11 is 0. The summed E-state index contributed by atoms with van der Waals surface area (Å²) in [6, 6.07) is 0. The molecule has 0 aliphatic carbocycles. The van der Waals surface area contributed by atoms with E-state index in [0.29, 0.717) is 19.0 Å². The Balaban J connectivity index is 3.28. The SMILES string of the molecule is CCCCCCCCCCCCNC(N)=NCCCN=C(N)N. The zero-order valence-electron chi connectivity index (χ0n) is 15.0. The van der Waals surface area contributed by atoms with Crippen LogP contribution in [0.15, 0.2) is 9.98 Å². The molecule has 0 aliphatic heterocycles. The maximum atomic E-state index is 5.79. The fraction of sp³-hybridized carbons (Fsp3) is 0.882. The second-order valence-electron chi connectivity index (χ2n) is 6.04. The zero-order chi connectivity index (χ0) is 17.2. The van der Waals surface area contributed by atoms with Crippen LogP contribution in [0.1, 0.15) is 77.6 Å². The van der Waals surface area contributed by atoms with Crippen LogP contribution in [0.25, 0.3) is 0 Å². The number of nitrogens with two attached hydrogens (primary N) is 3. The van der Waals surface area contributed by atoms with Crippen molar-refractivity contribution in [2.24, 2.45) is 27.2 Å². The van der Waals surface area contributed by atoms with Crippen LogP contribution in [0, 0.1) is 0 Å². The fourth-order valence-electron chi connectivity index (χ4n) is 2.36. The standard InChI is InChI=1S/C17H38N6/c1-2-3-4-5-6-7-8-9-10-11-13-22-17(20)23-15-12-14-21-16(18)19/h2-15H2,1H3,(H4,18,19,21)(H3,20,22,23). The smallest absolute Gasteiger partial charge is 0.188 e. The molecule has 0 unspecified atom stereocenters. The van der Waals surface area contributed by atoms with Crippen molar-refractivity contribution in [1.82, 2.24) is 5.32 Å². The van der Waals surface area contributed by atoms with Crippen LogP contribution in [0.4, 0.5) is 0 Å². The lowest BCUT2D eigenvalue weighted by molar-refractivity contribution is 0.554. The van der Waals surface area contributed by atoms with Crippen molar-refractivity contribution in [3.8, 4) is 0 Å². The molecule has 23 heavy (non-hydrogen) atoms. The highest BCUT2D eigenvalue weighted by Crippen LogP contribution is 2.10. The van der Waals surface area contributed by atoms with Gasteiger partial charge in [0.15, 0.2) is 11.9 Å². The first-order valence-electron chi connectivity index (χ1n) is 9.26. The number of aliphatic imine (C=N–C) groups is 2. The fourth-order valence-corrected chi connectivity index (χ4v) is 2.36. The molecule has 136 valence electrons. The average Bonchev–Trinajstić information content (AvgIpc) is 2.52. The van der Waals surface area contributed by atoms with E-state index in [-0.39, 0.29) is 5.96 Å². The highest BCUT2D eigenvalue weighted by Gasteiger charge is 1.94. The molecule has 0 rings (SSSR count). The number of guanidine groups is 2. The second-order valence-corrected chi connectivity index (χ2v) is 6.04. The van der Waals surface area contributed by atoms with Gasteiger partial charge in [-0.3, -0.25) is 9.98 Å². The monoisotopic (exact) mass is 326 g/mol. The predicted octanol–water partition coefficient (Wildman–Crippen LogP) is 2.48. The third-order valence-corrected chi connectivity index (χ3v) is 3.73. The molecule has 6 nitrogen and oxygen atoms in total.